The van der Waals surface area contributed by atoms with E-state index in [9.17, 15) is 14.4 Å². The Morgan fingerprint density at radius 2 is 0.549 bits per heavy atom. The zero-order chi connectivity index (χ0) is 51.4. The standard InChI is InChI=1S/C65H112O6/c1-4-7-10-13-16-19-22-25-28-29-30-31-32-33-34-35-38-40-43-46-49-52-55-58-64(67)70-61-62(71-65(68)59-56-53-50-47-44-41-37-27-24-21-18-15-12-9-6-3)60-69-63(66)57-54-51-48-45-42-39-36-26-23-20-17-14-11-8-5-2/h8-9,11-12,17-18,20-21,26-27,29-30,36-37,62H,4-7,10,13-16,19,22-25,28,31-35,38-61H2,1-3H3/b11-8-,12-9-,20-17-,21-18-,30-29-,36-26-,37-27-. The summed E-state index contributed by atoms with van der Waals surface area (Å²) in [5.74, 6) is -0.917. The van der Waals surface area contributed by atoms with Crippen LogP contribution in [0.25, 0.3) is 0 Å². The van der Waals surface area contributed by atoms with Crippen LogP contribution in [-0.4, -0.2) is 37.2 Å². The van der Waals surface area contributed by atoms with Gasteiger partial charge in [-0.1, -0.05) is 247 Å². The second kappa shape index (κ2) is 59.2. The summed E-state index contributed by atoms with van der Waals surface area (Å²) in [6.07, 6.45) is 77.3. The average Bonchev–Trinajstić information content (AvgIpc) is 3.37. The lowest BCUT2D eigenvalue weighted by Crippen LogP contribution is -2.30. The largest absolute Gasteiger partial charge is 0.462 e. The van der Waals surface area contributed by atoms with Crippen molar-refractivity contribution in [1.82, 2.24) is 0 Å². The molecule has 0 spiro atoms. The lowest BCUT2D eigenvalue weighted by atomic mass is 10.0. The van der Waals surface area contributed by atoms with Gasteiger partial charge < -0.3 is 14.2 Å². The van der Waals surface area contributed by atoms with Crippen molar-refractivity contribution < 1.29 is 28.6 Å². The van der Waals surface area contributed by atoms with Gasteiger partial charge in [-0.3, -0.25) is 14.4 Å². The molecule has 0 rings (SSSR count). The molecular weight excluding hydrogens is 877 g/mol. The van der Waals surface area contributed by atoms with Crippen LogP contribution < -0.4 is 0 Å². The number of carbonyl (C=O) groups excluding carboxylic acids is 3. The minimum Gasteiger partial charge on any atom is -0.462 e. The minimum atomic E-state index is -0.794. The number of esters is 3. The molecule has 6 nitrogen and oxygen atoms in total. The first-order valence-corrected chi connectivity index (χ1v) is 30.1. The molecule has 1 unspecified atom stereocenters. The van der Waals surface area contributed by atoms with Crippen LogP contribution in [0.4, 0.5) is 0 Å². The molecule has 0 aromatic heterocycles. The predicted octanol–water partition coefficient (Wildman–Crippen LogP) is 20.3. The smallest absolute Gasteiger partial charge is 0.306 e. The Morgan fingerprint density at radius 1 is 0.296 bits per heavy atom. The molecule has 0 aliphatic rings. The van der Waals surface area contributed by atoms with Gasteiger partial charge in [-0.05, 0) is 109 Å². The summed E-state index contributed by atoms with van der Waals surface area (Å²) in [7, 11) is 0. The van der Waals surface area contributed by atoms with E-state index in [-0.39, 0.29) is 31.1 Å². The number of carbonyl (C=O) groups is 3. The van der Waals surface area contributed by atoms with Crippen molar-refractivity contribution in [2.75, 3.05) is 13.2 Å². The van der Waals surface area contributed by atoms with Crippen LogP contribution in [0.15, 0.2) is 85.1 Å². The summed E-state index contributed by atoms with van der Waals surface area (Å²) in [5.41, 5.74) is 0. The van der Waals surface area contributed by atoms with Gasteiger partial charge in [0, 0.05) is 19.3 Å². The summed E-state index contributed by atoms with van der Waals surface area (Å²) in [4.78, 5) is 38.2. The second-order valence-corrected chi connectivity index (χ2v) is 19.8. The van der Waals surface area contributed by atoms with Crippen molar-refractivity contribution in [2.45, 2.75) is 297 Å². The molecule has 71 heavy (non-hydrogen) atoms. The quantitative estimate of drug-likeness (QED) is 0.0261. The lowest BCUT2D eigenvalue weighted by molar-refractivity contribution is -0.167. The number of rotatable bonds is 54. The van der Waals surface area contributed by atoms with E-state index in [0.717, 1.165) is 135 Å². The third kappa shape index (κ3) is 57.4. The molecule has 0 aliphatic heterocycles. The van der Waals surface area contributed by atoms with Gasteiger partial charge in [0.05, 0.1) is 0 Å². The van der Waals surface area contributed by atoms with Crippen molar-refractivity contribution in [1.29, 1.82) is 0 Å². The zero-order valence-electron chi connectivity index (χ0n) is 46.7. The van der Waals surface area contributed by atoms with E-state index in [4.69, 9.17) is 14.2 Å². The molecule has 0 fully saturated rings. The Labute approximate surface area is 439 Å². The van der Waals surface area contributed by atoms with Crippen LogP contribution in [0.3, 0.4) is 0 Å². The summed E-state index contributed by atoms with van der Waals surface area (Å²) in [5, 5.41) is 0. The topological polar surface area (TPSA) is 78.9 Å². The zero-order valence-corrected chi connectivity index (χ0v) is 46.7. The van der Waals surface area contributed by atoms with Crippen LogP contribution >= 0.6 is 0 Å². The molecule has 0 saturated carbocycles. The van der Waals surface area contributed by atoms with Crippen molar-refractivity contribution in [3.63, 3.8) is 0 Å². The first kappa shape index (κ1) is 67.6. The predicted molar refractivity (Wildman–Crippen MR) is 307 cm³/mol. The summed E-state index contributed by atoms with van der Waals surface area (Å²) in [6, 6.07) is 0. The van der Waals surface area contributed by atoms with Gasteiger partial charge in [-0.2, -0.15) is 0 Å². The van der Waals surface area contributed by atoms with E-state index in [2.05, 4.69) is 106 Å². The van der Waals surface area contributed by atoms with Gasteiger partial charge in [0.25, 0.3) is 0 Å². The van der Waals surface area contributed by atoms with Gasteiger partial charge in [0.1, 0.15) is 13.2 Å². The molecule has 0 aliphatic carbocycles. The van der Waals surface area contributed by atoms with E-state index >= 15 is 0 Å². The van der Waals surface area contributed by atoms with E-state index in [1.807, 2.05) is 0 Å². The highest BCUT2D eigenvalue weighted by Crippen LogP contribution is 2.16. The van der Waals surface area contributed by atoms with E-state index in [1.54, 1.807) is 0 Å². The number of hydrogen-bond acceptors (Lipinski definition) is 6. The fraction of sp³-hybridized carbons (Fsp3) is 0.738. The Balaban J connectivity index is 4.35. The Kier molecular flexibility index (Phi) is 56.3. The Hall–Kier alpha value is -3.41. The maximum Gasteiger partial charge on any atom is 0.306 e. The first-order valence-electron chi connectivity index (χ1n) is 30.1. The van der Waals surface area contributed by atoms with Crippen LogP contribution in [-0.2, 0) is 28.6 Å². The normalized spacial score (nSPS) is 12.7. The van der Waals surface area contributed by atoms with Gasteiger partial charge in [0.15, 0.2) is 6.10 Å². The Bertz CT molecular complexity index is 1370. The van der Waals surface area contributed by atoms with Gasteiger partial charge in [0.2, 0.25) is 0 Å². The summed E-state index contributed by atoms with van der Waals surface area (Å²) < 4.78 is 16.9. The number of hydrogen-bond donors (Lipinski definition) is 0. The van der Waals surface area contributed by atoms with Crippen molar-refractivity contribution in [3.8, 4) is 0 Å². The van der Waals surface area contributed by atoms with Crippen molar-refractivity contribution in [2.24, 2.45) is 0 Å². The molecule has 0 heterocycles. The van der Waals surface area contributed by atoms with Crippen LogP contribution in [0, 0.1) is 0 Å². The third-order valence-electron chi connectivity index (χ3n) is 12.9. The molecule has 0 amide bonds. The fourth-order valence-corrected chi connectivity index (χ4v) is 8.41. The second-order valence-electron chi connectivity index (χ2n) is 19.8. The highest BCUT2D eigenvalue weighted by atomic mass is 16.6. The molecule has 0 saturated heterocycles. The summed E-state index contributed by atoms with van der Waals surface area (Å²) >= 11 is 0. The molecule has 0 N–H and O–H groups in total. The molecule has 0 aromatic carbocycles. The molecule has 0 radical (unpaired) electrons. The first-order chi connectivity index (χ1) is 35.0. The van der Waals surface area contributed by atoms with Crippen molar-refractivity contribution in [3.05, 3.63) is 85.1 Å². The molecule has 408 valence electrons. The van der Waals surface area contributed by atoms with Crippen LogP contribution in [0.2, 0.25) is 0 Å². The van der Waals surface area contributed by atoms with Crippen LogP contribution in [0.5, 0.6) is 0 Å². The van der Waals surface area contributed by atoms with Crippen LogP contribution in [0.1, 0.15) is 290 Å². The molecular formula is C65H112O6. The van der Waals surface area contributed by atoms with E-state index in [1.165, 1.54) is 116 Å². The molecule has 0 aromatic rings. The van der Waals surface area contributed by atoms with Crippen molar-refractivity contribution >= 4 is 17.9 Å². The number of ether oxygens (including phenoxy) is 3. The maximum atomic E-state index is 12.9. The molecule has 6 heteroatoms. The average molecular weight is 990 g/mol. The monoisotopic (exact) mass is 989 g/mol. The number of allylic oxidation sites excluding steroid dienone is 14. The van der Waals surface area contributed by atoms with Gasteiger partial charge >= 0.3 is 17.9 Å². The third-order valence-corrected chi connectivity index (χ3v) is 12.9. The maximum absolute atomic E-state index is 12.9. The van der Waals surface area contributed by atoms with E-state index in [0.29, 0.717) is 19.3 Å². The Morgan fingerprint density at radius 3 is 0.873 bits per heavy atom. The highest BCUT2D eigenvalue weighted by Gasteiger charge is 2.19. The highest BCUT2D eigenvalue weighted by molar-refractivity contribution is 5.71. The van der Waals surface area contributed by atoms with Gasteiger partial charge in [-0.15, -0.1) is 0 Å². The summed E-state index contributed by atoms with van der Waals surface area (Å²) in [6.45, 7) is 6.41. The minimum absolute atomic E-state index is 0.0891. The number of unbranched alkanes of at least 4 members (excludes halogenated alkanes) is 29. The molecule has 1 atom stereocenters. The lowest BCUT2D eigenvalue weighted by Gasteiger charge is -2.18. The van der Waals surface area contributed by atoms with Gasteiger partial charge in [-0.25, -0.2) is 0 Å². The van der Waals surface area contributed by atoms with E-state index < -0.39 is 6.10 Å². The molecule has 0 bridgehead atoms. The SMILES string of the molecule is CC/C=C\C/C=C\C/C=C\CCCCCCCC(=O)OCC(COC(=O)CCCCCCCCCCCCC/C=C\CCCCCCCCCC)OC(=O)CCCCCCC/C=C\C/C=C\C/C=C\CC. The fourth-order valence-electron chi connectivity index (χ4n) is 8.41.